The third kappa shape index (κ3) is 2.36. The van der Waals surface area contributed by atoms with E-state index in [1.165, 1.54) is 16.7 Å². The fraction of sp³-hybridized carbons (Fsp3) is 0.385. The lowest BCUT2D eigenvalue weighted by atomic mass is 9.97. The van der Waals surface area contributed by atoms with Gasteiger partial charge in [0, 0.05) is 31.2 Å². The Morgan fingerprint density at radius 1 is 1.41 bits per heavy atom. The Balaban J connectivity index is 2.41. The summed E-state index contributed by atoms with van der Waals surface area (Å²) < 4.78 is 1.83. The molecule has 2 rings (SSSR count). The Morgan fingerprint density at radius 2 is 2.24 bits per heavy atom. The van der Waals surface area contributed by atoms with Crippen molar-refractivity contribution in [3.8, 4) is 0 Å². The summed E-state index contributed by atoms with van der Waals surface area (Å²) >= 11 is 0. The molecule has 0 aromatic carbocycles. The van der Waals surface area contributed by atoms with Crippen LogP contribution in [0.1, 0.15) is 29.7 Å². The van der Waals surface area contributed by atoms with Crippen LogP contribution in [0.4, 0.5) is 0 Å². The zero-order valence-electron chi connectivity index (χ0n) is 10.5. The normalized spacial score (nSPS) is 12.6. The molecule has 2 aromatic heterocycles. The van der Waals surface area contributed by atoms with Crippen LogP contribution in [0.5, 0.6) is 0 Å². The van der Waals surface area contributed by atoms with Crippen LogP contribution in [0.3, 0.4) is 0 Å². The molecule has 4 nitrogen and oxygen atoms in total. The van der Waals surface area contributed by atoms with Crippen molar-refractivity contribution in [3.63, 3.8) is 0 Å². The van der Waals surface area contributed by atoms with Gasteiger partial charge in [0.1, 0.15) is 0 Å². The maximum atomic E-state index is 4.23. The minimum atomic E-state index is 0.182. The number of rotatable bonds is 4. The van der Waals surface area contributed by atoms with Crippen molar-refractivity contribution < 1.29 is 0 Å². The minimum absolute atomic E-state index is 0.182. The van der Waals surface area contributed by atoms with Gasteiger partial charge in [-0.05, 0) is 30.7 Å². The topological polar surface area (TPSA) is 42.7 Å². The highest BCUT2D eigenvalue weighted by molar-refractivity contribution is 5.33. The highest BCUT2D eigenvalue weighted by Crippen LogP contribution is 2.24. The molecule has 1 unspecified atom stereocenters. The van der Waals surface area contributed by atoms with Crippen molar-refractivity contribution in [1.29, 1.82) is 0 Å². The van der Waals surface area contributed by atoms with Gasteiger partial charge in [0.2, 0.25) is 0 Å². The van der Waals surface area contributed by atoms with Crippen LogP contribution in [-0.4, -0.2) is 21.8 Å². The summed E-state index contributed by atoms with van der Waals surface area (Å²) in [5, 5.41) is 7.57. The summed E-state index contributed by atoms with van der Waals surface area (Å²) in [7, 11) is 3.90. The van der Waals surface area contributed by atoms with Gasteiger partial charge in [-0.15, -0.1) is 0 Å². The fourth-order valence-corrected chi connectivity index (χ4v) is 2.11. The summed E-state index contributed by atoms with van der Waals surface area (Å²) in [5.74, 6) is 0. The van der Waals surface area contributed by atoms with Gasteiger partial charge in [-0.2, -0.15) is 5.10 Å². The summed E-state index contributed by atoms with van der Waals surface area (Å²) in [4.78, 5) is 4.18. The average Bonchev–Trinajstić information content (AvgIpc) is 2.77. The van der Waals surface area contributed by atoms with E-state index in [0.717, 1.165) is 6.42 Å². The standard InChI is InChI=1S/C13H18N4/c1-4-10-7-15-6-5-12(10)13(14-2)11-8-16-17(3)9-11/h5-9,13-14H,4H2,1-3H3. The van der Waals surface area contributed by atoms with Crippen LogP contribution >= 0.6 is 0 Å². The first-order chi connectivity index (χ1) is 8.26. The summed E-state index contributed by atoms with van der Waals surface area (Å²) in [6.45, 7) is 2.15. The quantitative estimate of drug-likeness (QED) is 0.869. The van der Waals surface area contributed by atoms with Crippen LogP contribution in [-0.2, 0) is 13.5 Å². The molecule has 0 fully saturated rings. The van der Waals surface area contributed by atoms with Crippen molar-refractivity contribution in [2.75, 3.05) is 7.05 Å². The molecule has 0 aliphatic heterocycles. The van der Waals surface area contributed by atoms with Crippen molar-refractivity contribution in [2.24, 2.45) is 7.05 Å². The molecule has 1 N–H and O–H groups in total. The Bertz CT molecular complexity index is 490. The van der Waals surface area contributed by atoms with Crippen LogP contribution < -0.4 is 5.32 Å². The maximum absolute atomic E-state index is 4.23. The van der Waals surface area contributed by atoms with Gasteiger partial charge in [-0.25, -0.2) is 0 Å². The lowest BCUT2D eigenvalue weighted by Crippen LogP contribution is -2.18. The van der Waals surface area contributed by atoms with Gasteiger partial charge in [0.05, 0.1) is 12.2 Å². The first kappa shape index (κ1) is 11.8. The molecule has 2 heterocycles. The number of nitrogens with one attached hydrogen (secondary N) is 1. The molecular formula is C13H18N4. The Kier molecular flexibility index (Phi) is 3.54. The number of hydrogen-bond acceptors (Lipinski definition) is 3. The molecule has 0 spiro atoms. The van der Waals surface area contributed by atoms with E-state index >= 15 is 0 Å². The second-order valence-electron chi connectivity index (χ2n) is 4.10. The molecule has 2 aromatic rings. The first-order valence-electron chi connectivity index (χ1n) is 5.84. The van der Waals surface area contributed by atoms with E-state index < -0.39 is 0 Å². The Labute approximate surface area is 102 Å². The van der Waals surface area contributed by atoms with Crippen LogP contribution in [0.15, 0.2) is 30.9 Å². The number of aromatic nitrogens is 3. The van der Waals surface area contributed by atoms with E-state index in [9.17, 15) is 0 Å². The van der Waals surface area contributed by atoms with Gasteiger partial charge in [-0.3, -0.25) is 9.67 Å². The number of nitrogens with zero attached hydrogens (tertiary/aromatic N) is 3. The number of aryl methyl sites for hydroxylation is 2. The molecule has 1 atom stereocenters. The first-order valence-corrected chi connectivity index (χ1v) is 5.84. The van der Waals surface area contributed by atoms with E-state index in [1.54, 1.807) is 0 Å². The molecule has 0 saturated carbocycles. The molecule has 0 aliphatic carbocycles. The largest absolute Gasteiger partial charge is 0.309 e. The van der Waals surface area contributed by atoms with E-state index in [0.29, 0.717) is 0 Å². The Hall–Kier alpha value is -1.68. The lowest BCUT2D eigenvalue weighted by Gasteiger charge is -2.17. The Morgan fingerprint density at radius 3 is 2.82 bits per heavy atom. The van der Waals surface area contributed by atoms with Gasteiger partial charge < -0.3 is 5.32 Å². The molecule has 17 heavy (non-hydrogen) atoms. The number of hydrogen-bond donors (Lipinski definition) is 1. The van der Waals surface area contributed by atoms with Crippen molar-refractivity contribution in [1.82, 2.24) is 20.1 Å². The smallest absolute Gasteiger partial charge is 0.0609 e. The van der Waals surface area contributed by atoms with Crippen molar-refractivity contribution >= 4 is 0 Å². The highest BCUT2D eigenvalue weighted by atomic mass is 15.2. The maximum Gasteiger partial charge on any atom is 0.0609 e. The summed E-state index contributed by atoms with van der Waals surface area (Å²) in [5.41, 5.74) is 3.73. The zero-order chi connectivity index (χ0) is 12.3. The predicted molar refractivity (Wildman–Crippen MR) is 67.7 cm³/mol. The third-order valence-electron chi connectivity index (χ3n) is 2.98. The van der Waals surface area contributed by atoms with Gasteiger partial charge in [0.15, 0.2) is 0 Å². The molecule has 0 amide bonds. The van der Waals surface area contributed by atoms with Crippen LogP contribution in [0.25, 0.3) is 0 Å². The van der Waals surface area contributed by atoms with E-state index in [2.05, 4.69) is 28.4 Å². The SMILES string of the molecule is CCc1cnccc1C(NC)c1cnn(C)c1. The van der Waals surface area contributed by atoms with Crippen LogP contribution in [0, 0.1) is 0 Å². The summed E-state index contributed by atoms with van der Waals surface area (Å²) in [6, 6.07) is 2.26. The average molecular weight is 230 g/mol. The second kappa shape index (κ2) is 5.10. The summed E-state index contributed by atoms with van der Waals surface area (Å²) in [6.07, 6.45) is 8.72. The molecule has 0 radical (unpaired) electrons. The molecule has 0 bridgehead atoms. The van der Waals surface area contributed by atoms with E-state index in [-0.39, 0.29) is 6.04 Å². The molecule has 4 heteroatoms. The minimum Gasteiger partial charge on any atom is -0.309 e. The van der Waals surface area contributed by atoms with Gasteiger partial charge in [-0.1, -0.05) is 6.92 Å². The molecule has 0 aliphatic rings. The number of pyridine rings is 1. The lowest BCUT2D eigenvalue weighted by molar-refractivity contribution is 0.680. The third-order valence-corrected chi connectivity index (χ3v) is 2.98. The van der Waals surface area contributed by atoms with Gasteiger partial charge >= 0.3 is 0 Å². The van der Waals surface area contributed by atoms with E-state index in [4.69, 9.17) is 0 Å². The van der Waals surface area contributed by atoms with Gasteiger partial charge in [0.25, 0.3) is 0 Å². The second-order valence-corrected chi connectivity index (χ2v) is 4.10. The highest BCUT2D eigenvalue weighted by Gasteiger charge is 2.16. The molecule has 0 saturated heterocycles. The fourth-order valence-electron chi connectivity index (χ4n) is 2.11. The van der Waals surface area contributed by atoms with Crippen molar-refractivity contribution in [3.05, 3.63) is 47.5 Å². The molecular weight excluding hydrogens is 212 g/mol. The monoisotopic (exact) mass is 230 g/mol. The predicted octanol–water partition coefficient (Wildman–Crippen LogP) is 1.69. The molecule has 90 valence electrons. The van der Waals surface area contributed by atoms with E-state index in [1.807, 2.05) is 43.6 Å². The van der Waals surface area contributed by atoms with Crippen LogP contribution in [0.2, 0.25) is 0 Å². The van der Waals surface area contributed by atoms with Crippen molar-refractivity contribution in [2.45, 2.75) is 19.4 Å². The zero-order valence-corrected chi connectivity index (χ0v) is 10.5.